The first-order valence-corrected chi connectivity index (χ1v) is 12.4. The lowest BCUT2D eigenvalue weighted by atomic mass is 10.1. The molecule has 0 spiro atoms. The van der Waals surface area contributed by atoms with Crippen LogP contribution < -0.4 is 10.9 Å². The number of aryl methyl sites for hydroxylation is 2. The molecule has 0 aliphatic rings. The van der Waals surface area contributed by atoms with Crippen LogP contribution in [-0.4, -0.2) is 20.7 Å². The summed E-state index contributed by atoms with van der Waals surface area (Å²) in [5, 5.41) is 5.62. The summed E-state index contributed by atoms with van der Waals surface area (Å²) in [5.74, 6) is -0.139. The molecule has 168 valence electrons. The predicted octanol–water partition coefficient (Wildman–Crippen LogP) is 6.05. The summed E-state index contributed by atoms with van der Waals surface area (Å²) in [4.78, 5) is 31.8. The highest BCUT2D eigenvalue weighted by Gasteiger charge is 2.22. The quantitative estimate of drug-likeness (QED) is 0.201. The second kappa shape index (κ2) is 9.77. The number of hydrogen-bond donors (Lipinski definition) is 1. The van der Waals surface area contributed by atoms with Gasteiger partial charge in [-0.25, -0.2) is 4.98 Å². The van der Waals surface area contributed by atoms with Gasteiger partial charge in [0.1, 0.15) is 4.83 Å². The number of allylic oxidation sites excluding steroid dienone is 1. The van der Waals surface area contributed by atoms with Crippen molar-refractivity contribution in [3.63, 3.8) is 0 Å². The zero-order chi connectivity index (χ0) is 23.5. The zero-order valence-electron chi connectivity index (χ0n) is 18.8. The van der Waals surface area contributed by atoms with Gasteiger partial charge in [0.15, 0.2) is 5.16 Å². The Balaban J connectivity index is 1.69. The van der Waals surface area contributed by atoms with Crippen molar-refractivity contribution in [3.05, 3.63) is 88.0 Å². The number of para-hydroxylation sites is 1. The molecule has 0 fully saturated rings. The number of carbonyl (C=O) groups is 1. The topological polar surface area (TPSA) is 64.0 Å². The van der Waals surface area contributed by atoms with Gasteiger partial charge in [0.2, 0.25) is 5.91 Å². The minimum Gasteiger partial charge on any atom is -0.325 e. The van der Waals surface area contributed by atoms with Crippen molar-refractivity contribution in [1.29, 1.82) is 0 Å². The van der Waals surface area contributed by atoms with Gasteiger partial charge < -0.3 is 5.32 Å². The molecular formula is C26H25N3O2S2. The lowest BCUT2D eigenvalue weighted by Crippen LogP contribution is -2.26. The molecule has 7 heteroatoms. The molecule has 0 radical (unpaired) electrons. The number of thiophene rings is 1. The predicted molar refractivity (Wildman–Crippen MR) is 139 cm³/mol. The Morgan fingerprint density at radius 3 is 2.64 bits per heavy atom. The number of aromatic nitrogens is 2. The summed E-state index contributed by atoms with van der Waals surface area (Å²) >= 11 is 2.72. The number of hydrogen-bond acceptors (Lipinski definition) is 5. The third-order valence-electron chi connectivity index (χ3n) is 5.39. The SMILES string of the molecule is C=CCn1c(SC(C)C(=O)Nc2ccccc2C)nc2scc(-c3ccc(C)cc3)c2c1=O. The van der Waals surface area contributed by atoms with Crippen molar-refractivity contribution in [3.8, 4) is 11.1 Å². The molecule has 1 unspecified atom stereocenters. The number of amides is 1. The van der Waals surface area contributed by atoms with Gasteiger partial charge in [-0.1, -0.05) is 65.9 Å². The molecule has 2 heterocycles. The highest BCUT2D eigenvalue weighted by molar-refractivity contribution is 8.00. The minimum atomic E-state index is -0.443. The summed E-state index contributed by atoms with van der Waals surface area (Å²) < 4.78 is 1.60. The number of benzene rings is 2. The Labute approximate surface area is 201 Å². The number of nitrogens with zero attached hydrogens (tertiary/aromatic N) is 2. The standard InChI is InChI=1S/C26H25N3O2S2/c1-5-14-29-25(31)22-20(19-12-10-16(2)11-13-19)15-32-24(22)28-26(29)33-18(4)23(30)27-21-9-7-6-8-17(21)3/h5-13,15,18H,1,14H2,2-4H3,(H,27,30). The molecular weight excluding hydrogens is 450 g/mol. The molecule has 0 aliphatic heterocycles. The van der Waals surface area contributed by atoms with Gasteiger partial charge in [-0.05, 0) is 38.0 Å². The number of anilines is 1. The fraction of sp³-hybridized carbons (Fsp3) is 0.192. The smallest absolute Gasteiger partial charge is 0.263 e. The van der Waals surface area contributed by atoms with Crippen molar-refractivity contribution >= 4 is 44.9 Å². The molecule has 1 atom stereocenters. The normalized spacial score (nSPS) is 12.0. The molecule has 2 aromatic carbocycles. The van der Waals surface area contributed by atoms with E-state index in [1.807, 2.05) is 74.7 Å². The van der Waals surface area contributed by atoms with Crippen LogP contribution >= 0.6 is 23.1 Å². The van der Waals surface area contributed by atoms with Gasteiger partial charge in [0.25, 0.3) is 5.56 Å². The first-order chi connectivity index (χ1) is 15.9. The number of carbonyl (C=O) groups excluding carboxylic acids is 1. The Bertz CT molecular complexity index is 1390. The lowest BCUT2D eigenvalue weighted by Gasteiger charge is -2.16. The van der Waals surface area contributed by atoms with Crippen molar-refractivity contribution in [1.82, 2.24) is 9.55 Å². The fourth-order valence-electron chi connectivity index (χ4n) is 3.49. The maximum absolute atomic E-state index is 13.5. The molecule has 4 aromatic rings. The second-order valence-electron chi connectivity index (χ2n) is 7.86. The molecule has 4 rings (SSSR count). The van der Waals surface area contributed by atoms with Gasteiger partial charge in [-0.2, -0.15) is 0 Å². The van der Waals surface area contributed by atoms with E-state index in [1.54, 1.807) is 10.6 Å². The van der Waals surface area contributed by atoms with Crippen molar-refractivity contribution in [2.75, 3.05) is 5.32 Å². The van der Waals surface area contributed by atoms with Crippen LogP contribution in [0.2, 0.25) is 0 Å². The maximum Gasteiger partial charge on any atom is 0.263 e. The molecule has 1 amide bonds. The number of nitrogens with one attached hydrogen (secondary N) is 1. The second-order valence-corrected chi connectivity index (χ2v) is 10.0. The summed E-state index contributed by atoms with van der Waals surface area (Å²) in [5.41, 5.74) is 4.69. The molecule has 33 heavy (non-hydrogen) atoms. The molecule has 1 N–H and O–H groups in total. The highest BCUT2D eigenvalue weighted by Crippen LogP contribution is 2.33. The molecule has 5 nitrogen and oxygen atoms in total. The van der Waals surface area contributed by atoms with Gasteiger partial charge in [0.05, 0.1) is 10.6 Å². The highest BCUT2D eigenvalue weighted by atomic mass is 32.2. The Kier molecular flexibility index (Phi) is 6.81. The lowest BCUT2D eigenvalue weighted by molar-refractivity contribution is -0.115. The minimum absolute atomic E-state index is 0.120. The van der Waals surface area contributed by atoms with E-state index in [-0.39, 0.29) is 11.5 Å². The van der Waals surface area contributed by atoms with E-state index in [0.717, 1.165) is 27.9 Å². The average Bonchev–Trinajstić information content (AvgIpc) is 3.22. The Hall–Kier alpha value is -3.16. The average molecular weight is 476 g/mol. The van der Waals surface area contributed by atoms with Crippen LogP contribution in [0.25, 0.3) is 21.3 Å². The Morgan fingerprint density at radius 2 is 1.94 bits per heavy atom. The van der Waals surface area contributed by atoms with Crippen LogP contribution in [0.5, 0.6) is 0 Å². The number of thioether (sulfide) groups is 1. The van der Waals surface area contributed by atoms with Gasteiger partial charge in [-0.3, -0.25) is 14.2 Å². The van der Waals surface area contributed by atoms with E-state index in [9.17, 15) is 9.59 Å². The van der Waals surface area contributed by atoms with E-state index in [4.69, 9.17) is 4.98 Å². The van der Waals surface area contributed by atoms with Crippen LogP contribution in [0.15, 0.2) is 76.5 Å². The first kappa shape index (κ1) is 23.0. The molecule has 0 bridgehead atoms. The van der Waals surface area contributed by atoms with E-state index in [1.165, 1.54) is 23.1 Å². The number of rotatable bonds is 7. The monoisotopic (exact) mass is 475 g/mol. The third-order valence-corrected chi connectivity index (χ3v) is 7.35. The molecule has 0 saturated heterocycles. The fourth-order valence-corrected chi connectivity index (χ4v) is 5.40. The largest absolute Gasteiger partial charge is 0.325 e. The number of fused-ring (bicyclic) bond motifs is 1. The Morgan fingerprint density at radius 1 is 1.21 bits per heavy atom. The van der Waals surface area contributed by atoms with Gasteiger partial charge in [0, 0.05) is 23.2 Å². The summed E-state index contributed by atoms with van der Waals surface area (Å²) in [6, 6.07) is 15.8. The van der Waals surface area contributed by atoms with E-state index in [0.29, 0.717) is 21.9 Å². The van der Waals surface area contributed by atoms with Gasteiger partial charge in [-0.15, -0.1) is 17.9 Å². The van der Waals surface area contributed by atoms with Crippen LogP contribution in [0.3, 0.4) is 0 Å². The van der Waals surface area contributed by atoms with Gasteiger partial charge >= 0.3 is 0 Å². The van der Waals surface area contributed by atoms with Crippen molar-refractivity contribution < 1.29 is 4.79 Å². The van der Waals surface area contributed by atoms with E-state index < -0.39 is 5.25 Å². The van der Waals surface area contributed by atoms with Crippen LogP contribution in [0, 0.1) is 13.8 Å². The summed E-state index contributed by atoms with van der Waals surface area (Å²) in [7, 11) is 0. The van der Waals surface area contributed by atoms with Crippen molar-refractivity contribution in [2.45, 2.75) is 37.7 Å². The van der Waals surface area contributed by atoms with Crippen molar-refractivity contribution in [2.24, 2.45) is 0 Å². The van der Waals surface area contributed by atoms with Crippen LogP contribution in [-0.2, 0) is 11.3 Å². The van der Waals surface area contributed by atoms with Crippen LogP contribution in [0.1, 0.15) is 18.1 Å². The molecule has 0 aliphatic carbocycles. The summed E-state index contributed by atoms with van der Waals surface area (Å²) in [6.07, 6.45) is 1.68. The zero-order valence-corrected chi connectivity index (χ0v) is 20.4. The van der Waals surface area contributed by atoms with E-state index in [2.05, 4.69) is 11.9 Å². The van der Waals surface area contributed by atoms with E-state index >= 15 is 0 Å². The maximum atomic E-state index is 13.5. The molecule has 0 saturated carbocycles. The molecule has 2 aromatic heterocycles. The third kappa shape index (κ3) is 4.79. The summed E-state index contributed by atoms with van der Waals surface area (Å²) in [6.45, 7) is 9.93. The van der Waals surface area contributed by atoms with Crippen LogP contribution in [0.4, 0.5) is 5.69 Å². The first-order valence-electron chi connectivity index (χ1n) is 10.6.